The predicted octanol–water partition coefficient (Wildman–Crippen LogP) is -0.493. The first-order chi connectivity index (χ1) is 9.50. The minimum atomic E-state index is -2.84. The Morgan fingerprint density at radius 2 is 2.25 bits per heavy atom. The number of sulfone groups is 1. The summed E-state index contributed by atoms with van der Waals surface area (Å²) in [6.07, 6.45) is 1.94. The van der Waals surface area contributed by atoms with E-state index in [0.29, 0.717) is 6.54 Å². The van der Waals surface area contributed by atoms with Gasteiger partial charge in [0.25, 0.3) is 0 Å². The lowest BCUT2D eigenvalue weighted by Gasteiger charge is -2.32. The van der Waals surface area contributed by atoms with Gasteiger partial charge < -0.3 is 5.32 Å². The molecule has 0 saturated carbocycles. The summed E-state index contributed by atoms with van der Waals surface area (Å²) in [4.78, 5) is 2.20. The van der Waals surface area contributed by atoms with Gasteiger partial charge in [0.1, 0.15) is 0 Å². The van der Waals surface area contributed by atoms with Crippen molar-refractivity contribution in [1.29, 1.82) is 0 Å². The van der Waals surface area contributed by atoms with Gasteiger partial charge in [-0.05, 0) is 13.5 Å². The van der Waals surface area contributed by atoms with Crippen LogP contribution in [0.3, 0.4) is 0 Å². The highest BCUT2D eigenvalue weighted by Crippen LogP contribution is 2.11. The standard InChI is InChI=1S/C12H23N5O2S/c1-3-13-8-12-9-17(15-14-12)5-4-16-6-7-20(18,19)10-11(16)2/h9,11,13H,3-8,10H2,1-2H3. The molecule has 2 rings (SSSR count). The number of nitrogens with zero attached hydrogens (tertiary/aromatic N) is 4. The molecule has 1 unspecified atom stereocenters. The molecule has 0 bridgehead atoms. The molecule has 0 aromatic carbocycles. The zero-order chi connectivity index (χ0) is 14.6. The van der Waals surface area contributed by atoms with Crippen molar-refractivity contribution in [2.24, 2.45) is 0 Å². The molecular weight excluding hydrogens is 278 g/mol. The van der Waals surface area contributed by atoms with Crippen LogP contribution in [0.15, 0.2) is 6.20 Å². The van der Waals surface area contributed by atoms with Crippen molar-refractivity contribution in [2.75, 3.05) is 31.1 Å². The average molecular weight is 301 g/mol. The Morgan fingerprint density at radius 1 is 1.45 bits per heavy atom. The molecule has 0 radical (unpaired) electrons. The average Bonchev–Trinajstić information content (AvgIpc) is 2.82. The van der Waals surface area contributed by atoms with E-state index in [2.05, 4.69) is 27.5 Å². The van der Waals surface area contributed by atoms with Crippen LogP contribution < -0.4 is 5.32 Å². The summed E-state index contributed by atoms with van der Waals surface area (Å²) < 4.78 is 24.9. The maximum absolute atomic E-state index is 11.5. The van der Waals surface area contributed by atoms with Crippen LogP contribution in [0.2, 0.25) is 0 Å². The fourth-order valence-electron chi connectivity index (χ4n) is 2.38. The zero-order valence-corrected chi connectivity index (χ0v) is 12.9. The molecule has 1 aliphatic rings. The highest BCUT2D eigenvalue weighted by molar-refractivity contribution is 7.91. The van der Waals surface area contributed by atoms with Crippen molar-refractivity contribution in [3.8, 4) is 0 Å². The smallest absolute Gasteiger partial charge is 0.153 e. The topological polar surface area (TPSA) is 80.1 Å². The Balaban J connectivity index is 1.82. The van der Waals surface area contributed by atoms with Crippen LogP contribution >= 0.6 is 0 Å². The highest BCUT2D eigenvalue weighted by Gasteiger charge is 2.27. The van der Waals surface area contributed by atoms with Gasteiger partial charge in [0, 0.05) is 31.9 Å². The van der Waals surface area contributed by atoms with Gasteiger partial charge in [0.05, 0.1) is 23.7 Å². The van der Waals surface area contributed by atoms with E-state index in [1.807, 2.05) is 17.8 Å². The molecule has 1 saturated heterocycles. The van der Waals surface area contributed by atoms with Crippen LogP contribution in [0.4, 0.5) is 0 Å². The molecule has 7 nitrogen and oxygen atoms in total. The third-order valence-electron chi connectivity index (χ3n) is 3.57. The molecule has 1 fully saturated rings. The first-order valence-electron chi connectivity index (χ1n) is 7.04. The summed E-state index contributed by atoms with van der Waals surface area (Å²) in [5, 5.41) is 11.4. The van der Waals surface area contributed by atoms with Crippen LogP contribution in [0, 0.1) is 0 Å². The van der Waals surface area contributed by atoms with E-state index in [4.69, 9.17) is 0 Å². The maximum atomic E-state index is 11.5. The van der Waals surface area contributed by atoms with Crippen LogP contribution in [-0.4, -0.2) is 65.5 Å². The van der Waals surface area contributed by atoms with Crippen LogP contribution in [0.5, 0.6) is 0 Å². The molecule has 1 aromatic heterocycles. The van der Waals surface area contributed by atoms with Crippen LogP contribution in [0.25, 0.3) is 0 Å². The van der Waals surface area contributed by atoms with Crippen molar-refractivity contribution in [3.63, 3.8) is 0 Å². The quantitative estimate of drug-likeness (QED) is 0.763. The molecule has 8 heteroatoms. The van der Waals surface area contributed by atoms with Crippen molar-refractivity contribution < 1.29 is 8.42 Å². The summed E-state index contributed by atoms with van der Waals surface area (Å²) in [5.74, 6) is 0.524. The molecule has 1 N–H and O–H groups in total. The molecule has 0 amide bonds. The van der Waals surface area contributed by atoms with Gasteiger partial charge in [0.2, 0.25) is 0 Å². The Labute approximate surface area is 120 Å². The maximum Gasteiger partial charge on any atom is 0.153 e. The van der Waals surface area contributed by atoms with Gasteiger partial charge in [-0.25, -0.2) is 8.42 Å². The lowest BCUT2D eigenvalue weighted by molar-refractivity contribution is 0.214. The van der Waals surface area contributed by atoms with Gasteiger partial charge in [-0.2, -0.15) is 0 Å². The lowest BCUT2D eigenvalue weighted by atomic mass is 10.3. The summed E-state index contributed by atoms with van der Waals surface area (Å²) in [6.45, 7) is 7.82. The van der Waals surface area contributed by atoms with E-state index in [9.17, 15) is 8.42 Å². The van der Waals surface area contributed by atoms with E-state index in [1.54, 1.807) is 0 Å². The van der Waals surface area contributed by atoms with Crippen molar-refractivity contribution in [2.45, 2.75) is 33.0 Å². The second kappa shape index (κ2) is 6.64. The van der Waals surface area contributed by atoms with Gasteiger partial charge in [0.15, 0.2) is 9.84 Å². The monoisotopic (exact) mass is 301 g/mol. The molecule has 20 heavy (non-hydrogen) atoms. The first-order valence-corrected chi connectivity index (χ1v) is 8.86. The fraction of sp³-hybridized carbons (Fsp3) is 0.833. The Bertz CT molecular complexity index is 528. The van der Waals surface area contributed by atoms with Gasteiger partial charge in [-0.15, -0.1) is 5.10 Å². The number of rotatable bonds is 6. The largest absolute Gasteiger partial charge is 0.311 e. The number of hydrogen-bond donors (Lipinski definition) is 1. The molecule has 0 spiro atoms. The lowest BCUT2D eigenvalue weighted by Crippen LogP contribution is -2.47. The molecular formula is C12H23N5O2S. The molecule has 1 atom stereocenters. The summed E-state index contributed by atoms with van der Waals surface area (Å²) >= 11 is 0. The Hall–Kier alpha value is -0.990. The summed E-state index contributed by atoms with van der Waals surface area (Å²) in [5.41, 5.74) is 0.932. The van der Waals surface area contributed by atoms with Gasteiger partial charge >= 0.3 is 0 Å². The Morgan fingerprint density at radius 3 is 2.95 bits per heavy atom. The van der Waals surface area contributed by atoms with E-state index in [0.717, 1.165) is 31.9 Å². The molecule has 2 heterocycles. The first kappa shape index (κ1) is 15.4. The molecule has 114 valence electrons. The summed E-state index contributed by atoms with van der Waals surface area (Å²) in [6, 6.07) is 0.0819. The molecule has 0 aliphatic carbocycles. The Kier molecular flexibility index (Phi) is 5.11. The minimum absolute atomic E-state index is 0.0819. The van der Waals surface area contributed by atoms with Crippen molar-refractivity contribution >= 4 is 9.84 Å². The van der Waals surface area contributed by atoms with Gasteiger partial charge in [-0.3, -0.25) is 9.58 Å². The second-order valence-corrected chi connectivity index (χ2v) is 7.48. The SMILES string of the molecule is CCNCc1cn(CCN2CCS(=O)(=O)CC2C)nn1. The summed E-state index contributed by atoms with van der Waals surface area (Å²) in [7, 11) is -2.84. The minimum Gasteiger partial charge on any atom is -0.311 e. The van der Waals surface area contributed by atoms with E-state index >= 15 is 0 Å². The zero-order valence-electron chi connectivity index (χ0n) is 12.1. The van der Waals surface area contributed by atoms with Crippen LogP contribution in [0.1, 0.15) is 19.5 Å². The third-order valence-corrected chi connectivity index (χ3v) is 5.36. The van der Waals surface area contributed by atoms with Crippen molar-refractivity contribution in [3.05, 3.63) is 11.9 Å². The predicted molar refractivity (Wildman–Crippen MR) is 77.1 cm³/mol. The normalized spacial score (nSPS) is 23.0. The van der Waals surface area contributed by atoms with E-state index in [-0.39, 0.29) is 17.5 Å². The van der Waals surface area contributed by atoms with Gasteiger partial charge in [-0.1, -0.05) is 12.1 Å². The molecule has 1 aliphatic heterocycles. The fourth-order valence-corrected chi connectivity index (χ4v) is 4.00. The van der Waals surface area contributed by atoms with E-state index < -0.39 is 9.84 Å². The third kappa shape index (κ3) is 4.26. The van der Waals surface area contributed by atoms with Crippen molar-refractivity contribution in [1.82, 2.24) is 25.2 Å². The number of hydrogen-bond acceptors (Lipinski definition) is 6. The van der Waals surface area contributed by atoms with E-state index in [1.165, 1.54) is 0 Å². The number of nitrogens with one attached hydrogen (secondary N) is 1. The molecule has 1 aromatic rings. The number of aromatic nitrogens is 3. The van der Waals surface area contributed by atoms with Crippen LogP contribution in [-0.2, 0) is 22.9 Å². The second-order valence-electron chi connectivity index (χ2n) is 5.25. The highest BCUT2D eigenvalue weighted by atomic mass is 32.2.